The molecule has 0 saturated carbocycles. The Hall–Kier alpha value is -1.22. The third-order valence-electron chi connectivity index (χ3n) is 2.33. The molecule has 21 heavy (non-hydrogen) atoms. The number of aliphatic carboxylic acids is 1. The Bertz CT molecular complexity index is 277. The molecule has 0 heterocycles. The van der Waals surface area contributed by atoms with E-state index in [1.54, 1.807) is 0 Å². The van der Waals surface area contributed by atoms with E-state index in [2.05, 4.69) is 16.0 Å². The number of hydrogen-bond acceptors (Lipinski definition) is 6. The Kier molecular flexibility index (Phi) is 14.3. The molecule has 124 valence electrons. The molecule has 4 N–H and O–H groups in total. The van der Waals surface area contributed by atoms with Gasteiger partial charge in [-0.3, -0.25) is 4.79 Å². The van der Waals surface area contributed by atoms with Gasteiger partial charge in [-0.25, -0.2) is 4.79 Å². The molecule has 0 atom stereocenters. The van der Waals surface area contributed by atoms with Gasteiger partial charge in [0.05, 0.1) is 19.8 Å². The predicted octanol–water partition coefficient (Wildman–Crippen LogP) is -1.19. The van der Waals surface area contributed by atoms with Gasteiger partial charge in [0.25, 0.3) is 0 Å². The highest BCUT2D eigenvalue weighted by molar-refractivity contribution is 5.77. The molecule has 0 saturated heterocycles. The molecule has 0 aromatic carbocycles. The van der Waals surface area contributed by atoms with E-state index in [9.17, 15) is 9.59 Å². The van der Waals surface area contributed by atoms with Gasteiger partial charge in [0.15, 0.2) is 0 Å². The van der Waals surface area contributed by atoms with E-state index in [-0.39, 0.29) is 19.1 Å². The maximum atomic E-state index is 11.4. The molecule has 0 aliphatic rings. The zero-order valence-corrected chi connectivity index (χ0v) is 12.7. The van der Waals surface area contributed by atoms with E-state index in [0.717, 1.165) is 13.0 Å². The molecule has 0 aliphatic heterocycles. The smallest absolute Gasteiger partial charge is 0.329 e. The second kappa shape index (κ2) is 15.2. The zero-order valence-electron chi connectivity index (χ0n) is 12.7. The van der Waals surface area contributed by atoms with Crippen LogP contribution in [-0.2, 0) is 19.1 Å². The summed E-state index contributed by atoms with van der Waals surface area (Å²) in [5.41, 5.74) is 0. The topological polar surface area (TPSA) is 109 Å². The SMILES string of the molecule is CCCOCCNCC(=O)NCCNCCOCC(=O)O. The zero-order chi connectivity index (χ0) is 15.8. The average Bonchev–Trinajstić information content (AvgIpc) is 2.45. The number of carbonyl (C=O) groups is 2. The summed E-state index contributed by atoms with van der Waals surface area (Å²) >= 11 is 0. The van der Waals surface area contributed by atoms with Crippen molar-refractivity contribution < 1.29 is 24.2 Å². The monoisotopic (exact) mass is 305 g/mol. The van der Waals surface area contributed by atoms with Crippen LogP contribution >= 0.6 is 0 Å². The van der Waals surface area contributed by atoms with Crippen molar-refractivity contribution in [3.63, 3.8) is 0 Å². The van der Waals surface area contributed by atoms with Crippen LogP contribution in [0.4, 0.5) is 0 Å². The summed E-state index contributed by atoms with van der Waals surface area (Å²) in [6.45, 7) is 6.07. The van der Waals surface area contributed by atoms with Crippen molar-refractivity contribution >= 4 is 11.9 Å². The lowest BCUT2D eigenvalue weighted by Gasteiger charge is -2.08. The molecule has 0 fully saturated rings. The van der Waals surface area contributed by atoms with Crippen LogP contribution in [0, 0.1) is 0 Å². The molecular weight excluding hydrogens is 278 g/mol. The molecule has 8 nitrogen and oxygen atoms in total. The Morgan fingerprint density at radius 1 is 0.952 bits per heavy atom. The second-order valence-corrected chi connectivity index (χ2v) is 4.34. The number of carboxylic acids is 1. The van der Waals surface area contributed by atoms with Crippen molar-refractivity contribution in [2.45, 2.75) is 13.3 Å². The van der Waals surface area contributed by atoms with Crippen LogP contribution in [0.5, 0.6) is 0 Å². The first-order valence-corrected chi connectivity index (χ1v) is 7.22. The number of hydrogen-bond donors (Lipinski definition) is 4. The average molecular weight is 305 g/mol. The fraction of sp³-hybridized carbons (Fsp3) is 0.846. The van der Waals surface area contributed by atoms with Crippen molar-refractivity contribution in [2.75, 3.05) is 59.2 Å². The van der Waals surface area contributed by atoms with Crippen LogP contribution in [0.15, 0.2) is 0 Å². The summed E-state index contributed by atoms with van der Waals surface area (Å²) in [7, 11) is 0. The molecule has 0 bridgehead atoms. The van der Waals surface area contributed by atoms with Crippen LogP contribution in [-0.4, -0.2) is 76.1 Å². The highest BCUT2D eigenvalue weighted by Crippen LogP contribution is 1.78. The molecular formula is C13H27N3O5. The minimum absolute atomic E-state index is 0.0607. The molecule has 1 amide bonds. The van der Waals surface area contributed by atoms with E-state index in [4.69, 9.17) is 14.6 Å². The summed E-state index contributed by atoms with van der Waals surface area (Å²) in [5, 5.41) is 17.1. The minimum atomic E-state index is -0.977. The van der Waals surface area contributed by atoms with Gasteiger partial charge in [-0.15, -0.1) is 0 Å². The van der Waals surface area contributed by atoms with Crippen LogP contribution in [0.1, 0.15) is 13.3 Å². The molecule has 0 unspecified atom stereocenters. The highest BCUT2D eigenvalue weighted by Gasteiger charge is 1.99. The second-order valence-electron chi connectivity index (χ2n) is 4.34. The first-order valence-electron chi connectivity index (χ1n) is 7.22. The van der Waals surface area contributed by atoms with Gasteiger partial charge in [0.1, 0.15) is 6.61 Å². The highest BCUT2D eigenvalue weighted by atomic mass is 16.5. The fourth-order valence-corrected chi connectivity index (χ4v) is 1.37. The summed E-state index contributed by atoms with van der Waals surface area (Å²) in [4.78, 5) is 21.6. The number of rotatable bonds is 15. The van der Waals surface area contributed by atoms with Crippen LogP contribution in [0.2, 0.25) is 0 Å². The van der Waals surface area contributed by atoms with Crippen molar-refractivity contribution in [1.82, 2.24) is 16.0 Å². The van der Waals surface area contributed by atoms with Gasteiger partial charge in [-0.05, 0) is 6.42 Å². The molecule has 0 aromatic rings. The Labute approximate surface area is 125 Å². The van der Waals surface area contributed by atoms with Gasteiger partial charge >= 0.3 is 5.97 Å². The summed E-state index contributed by atoms with van der Waals surface area (Å²) in [6, 6.07) is 0. The van der Waals surface area contributed by atoms with E-state index in [1.165, 1.54) is 0 Å². The van der Waals surface area contributed by atoms with Crippen molar-refractivity contribution in [2.24, 2.45) is 0 Å². The number of carbonyl (C=O) groups excluding carboxylic acids is 1. The summed E-state index contributed by atoms with van der Waals surface area (Å²) in [6.07, 6.45) is 0.995. The lowest BCUT2D eigenvalue weighted by Crippen LogP contribution is -2.39. The predicted molar refractivity (Wildman–Crippen MR) is 78.3 cm³/mol. The Morgan fingerprint density at radius 2 is 1.67 bits per heavy atom. The third kappa shape index (κ3) is 16.7. The van der Waals surface area contributed by atoms with Crippen LogP contribution in [0.25, 0.3) is 0 Å². The number of amides is 1. The quantitative estimate of drug-likeness (QED) is 0.282. The summed E-state index contributed by atoms with van der Waals surface area (Å²) < 4.78 is 10.1. The van der Waals surface area contributed by atoms with E-state index in [1.807, 2.05) is 6.92 Å². The third-order valence-corrected chi connectivity index (χ3v) is 2.33. The Morgan fingerprint density at radius 3 is 2.38 bits per heavy atom. The van der Waals surface area contributed by atoms with Crippen molar-refractivity contribution in [3.05, 3.63) is 0 Å². The molecule has 0 rings (SSSR count). The van der Waals surface area contributed by atoms with Crippen LogP contribution < -0.4 is 16.0 Å². The van der Waals surface area contributed by atoms with Gasteiger partial charge in [-0.2, -0.15) is 0 Å². The molecule has 8 heteroatoms. The van der Waals surface area contributed by atoms with Gasteiger partial charge in [0.2, 0.25) is 5.91 Å². The van der Waals surface area contributed by atoms with E-state index in [0.29, 0.717) is 39.4 Å². The minimum Gasteiger partial charge on any atom is -0.480 e. The Balaban J connectivity index is 3.17. The number of ether oxygens (including phenoxy) is 2. The maximum absolute atomic E-state index is 11.4. The van der Waals surface area contributed by atoms with Gasteiger partial charge in [-0.1, -0.05) is 6.92 Å². The first kappa shape index (κ1) is 19.8. The number of nitrogens with one attached hydrogen (secondary N) is 3. The van der Waals surface area contributed by atoms with Crippen molar-refractivity contribution in [3.8, 4) is 0 Å². The largest absolute Gasteiger partial charge is 0.480 e. The maximum Gasteiger partial charge on any atom is 0.329 e. The van der Waals surface area contributed by atoms with Crippen molar-refractivity contribution in [1.29, 1.82) is 0 Å². The van der Waals surface area contributed by atoms with E-state index < -0.39 is 5.97 Å². The van der Waals surface area contributed by atoms with E-state index >= 15 is 0 Å². The first-order chi connectivity index (χ1) is 10.2. The van der Waals surface area contributed by atoms with Gasteiger partial charge in [0, 0.05) is 32.8 Å². The normalized spacial score (nSPS) is 10.5. The fourth-order valence-electron chi connectivity index (χ4n) is 1.37. The lowest BCUT2D eigenvalue weighted by molar-refractivity contribution is -0.142. The van der Waals surface area contributed by atoms with Crippen LogP contribution in [0.3, 0.4) is 0 Å². The molecule has 0 radical (unpaired) electrons. The number of carboxylic acid groups (broad SMARTS) is 1. The summed E-state index contributed by atoms with van der Waals surface area (Å²) in [5.74, 6) is -1.04. The standard InChI is InChI=1S/C13H27N3O5/c1-2-7-20-8-6-15-10-12(17)16-4-3-14-5-9-21-11-13(18)19/h14-15H,2-11H2,1H3,(H,16,17)(H,18,19). The van der Waals surface area contributed by atoms with Gasteiger partial charge < -0.3 is 30.5 Å². The lowest BCUT2D eigenvalue weighted by atomic mass is 10.5. The molecule has 0 aliphatic carbocycles. The molecule has 0 spiro atoms. The molecule has 0 aromatic heterocycles.